The predicted octanol–water partition coefficient (Wildman–Crippen LogP) is 1.46. The molecule has 0 amide bonds. The van der Waals surface area contributed by atoms with Gasteiger partial charge >= 0.3 is 5.97 Å². The number of benzene rings is 1. The molecule has 0 saturated carbocycles. The fourth-order valence-corrected chi connectivity index (χ4v) is 2.02. The predicted molar refractivity (Wildman–Crippen MR) is 72.7 cm³/mol. The molecule has 0 aromatic heterocycles. The van der Waals surface area contributed by atoms with E-state index in [2.05, 4.69) is 0 Å². The van der Waals surface area contributed by atoms with Crippen molar-refractivity contribution in [3.63, 3.8) is 0 Å². The minimum Gasteiger partial charge on any atom is -0.497 e. The first-order valence-corrected chi connectivity index (χ1v) is 6.70. The van der Waals surface area contributed by atoms with E-state index in [1.807, 2.05) is 24.3 Å². The maximum atomic E-state index is 11.0. The van der Waals surface area contributed by atoms with Crippen molar-refractivity contribution in [2.24, 2.45) is 0 Å². The molecular formula is C15H18O6. The van der Waals surface area contributed by atoms with E-state index in [-0.39, 0.29) is 12.8 Å². The van der Waals surface area contributed by atoms with Crippen LogP contribution in [0.25, 0.3) is 0 Å². The maximum absolute atomic E-state index is 11.0. The van der Waals surface area contributed by atoms with Gasteiger partial charge in [0.1, 0.15) is 18.6 Å². The Balaban J connectivity index is 1.70. The Labute approximate surface area is 122 Å². The molecule has 0 aliphatic carbocycles. The second-order valence-corrected chi connectivity index (χ2v) is 4.65. The Hall–Kier alpha value is -1.92. The van der Waals surface area contributed by atoms with Crippen molar-refractivity contribution in [1.82, 2.24) is 0 Å². The van der Waals surface area contributed by atoms with Crippen LogP contribution in [0.15, 0.2) is 24.3 Å². The normalized spacial score (nSPS) is 19.1. The monoisotopic (exact) mass is 294 g/mol. The zero-order chi connectivity index (χ0) is 15.1. The number of hydrogen-bond acceptors (Lipinski definition) is 6. The molecule has 1 saturated heterocycles. The van der Waals surface area contributed by atoms with Crippen LogP contribution >= 0.6 is 0 Å². The van der Waals surface area contributed by atoms with Crippen LogP contribution in [0.5, 0.6) is 5.75 Å². The van der Waals surface area contributed by atoms with E-state index < -0.39 is 12.2 Å². The average Bonchev–Trinajstić information content (AvgIpc) is 2.94. The molecule has 0 unspecified atom stereocenters. The van der Waals surface area contributed by atoms with E-state index in [4.69, 9.17) is 18.9 Å². The molecule has 6 nitrogen and oxygen atoms in total. The smallest absolute Gasteiger partial charge is 0.306 e. The summed E-state index contributed by atoms with van der Waals surface area (Å²) >= 11 is 0. The van der Waals surface area contributed by atoms with E-state index in [1.165, 1.54) is 0 Å². The molecule has 2 atom stereocenters. The summed E-state index contributed by atoms with van der Waals surface area (Å²) in [6, 6.07) is 7.45. The number of hydrogen-bond donors (Lipinski definition) is 0. The molecule has 1 fully saturated rings. The number of esters is 1. The standard InChI is InChI=1S/C15H18O6/c1-18-12-4-2-11(3-5-12)9-19-10-20-14(8-16)13-6-7-15(17)21-13/h2-5,8,13-14H,6-7,9-10H2,1H3/t13-,14+/m1/s1. The van der Waals surface area contributed by atoms with Gasteiger partial charge < -0.3 is 23.7 Å². The molecule has 21 heavy (non-hydrogen) atoms. The molecule has 2 rings (SSSR count). The molecule has 1 aliphatic heterocycles. The zero-order valence-corrected chi connectivity index (χ0v) is 11.8. The van der Waals surface area contributed by atoms with Crippen LogP contribution < -0.4 is 4.74 Å². The largest absolute Gasteiger partial charge is 0.497 e. The highest BCUT2D eigenvalue weighted by molar-refractivity contribution is 5.72. The second kappa shape index (κ2) is 7.75. The van der Waals surface area contributed by atoms with Crippen molar-refractivity contribution < 1.29 is 28.5 Å². The van der Waals surface area contributed by atoms with Gasteiger partial charge in [0, 0.05) is 6.42 Å². The quantitative estimate of drug-likeness (QED) is 0.313. The van der Waals surface area contributed by atoms with E-state index >= 15 is 0 Å². The van der Waals surface area contributed by atoms with Crippen molar-refractivity contribution in [2.45, 2.75) is 31.7 Å². The molecule has 1 aromatic carbocycles. The third kappa shape index (κ3) is 4.54. The third-order valence-corrected chi connectivity index (χ3v) is 3.19. The number of cyclic esters (lactones) is 1. The van der Waals surface area contributed by atoms with Crippen LogP contribution in [-0.4, -0.2) is 38.4 Å². The lowest BCUT2D eigenvalue weighted by Gasteiger charge is -2.17. The Morgan fingerprint density at radius 2 is 2.14 bits per heavy atom. The van der Waals surface area contributed by atoms with Crippen molar-refractivity contribution in [3.05, 3.63) is 29.8 Å². The molecule has 1 aliphatic rings. The van der Waals surface area contributed by atoms with Gasteiger partial charge in [0.15, 0.2) is 12.4 Å². The summed E-state index contributed by atoms with van der Waals surface area (Å²) in [6.07, 6.45) is 0.193. The minimum atomic E-state index is -0.771. The summed E-state index contributed by atoms with van der Waals surface area (Å²) in [5, 5.41) is 0. The molecule has 1 aromatic rings. The summed E-state index contributed by atoms with van der Waals surface area (Å²) < 4.78 is 20.7. The maximum Gasteiger partial charge on any atom is 0.306 e. The lowest BCUT2D eigenvalue weighted by Crippen LogP contribution is -2.31. The van der Waals surface area contributed by atoms with Crippen molar-refractivity contribution in [1.29, 1.82) is 0 Å². The van der Waals surface area contributed by atoms with Crippen molar-refractivity contribution in [3.8, 4) is 5.75 Å². The van der Waals surface area contributed by atoms with E-state index in [1.54, 1.807) is 7.11 Å². The van der Waals surface area contributed by atoms with Gasteiger partial charge in [-0.1, -0.05) is 12.1 Å². The zero-order valence-electron chi connectivity index (χ0n) is 11.8. The summed E-state index contributed by atoms with van der Waals surface area (Å²) in [7, 11) is 1.61. The highest BCUT2D eigenvalue weighted by atomic mass is 16.7. The number of methoxy groups -OCH3 is 1. The molecule has 0 radical (unpaired) electrons. The first kappa shape index (κ1) is 15.5. The fraction of sp³-hybridized carbons (Fsp3) is 0.467. The van der Waals surface area contributed by atoms with Gasteiger partial charge in [-0.05, 0) is 24.1 Å². The van der Waals surface area contributed by atoms with Crippen LogP contribution in [0.1, 0.15) is 18.4 Å². The van der Waals surface area contributed by atoms with E-state index in [9.17, 15) is 9.59 Å². The van der Waals surface area contributed by atoms with Crippen LogP contribution in [0.3, 0.4) is 0 Å². The van der Waals surface area contributed by atoms with Crippen LogP contribution in [0.4, 0.5) is 0 Å². The van der Waals surface area contributed by atoms with Crippen molar-refractivity contribution >= 4 is 12.3 Å². The average molecular weight is 294 g/mol. The first-order valence-electron chi connectivity index (χ1n) is 6.70. The lowest BCUT2D eigenvalue weighted by molar-refractivity contribution is -0.159. The van der Waals surface area contributed by atoms with Crippen LogP contribution in [0, 0.1) is 0 Å². The van der Waals surface area contributed by atoms with Crippen molar-refractivity contribution in [2.75, 3.05) is 13.9 Å². The fourth-order valence-electron chi connectivity index (χ4n) is 2.02. The van der Waals surface area contributed by atoms with Crippen LogP contribution in [0.2, 0.25) is 0 Å². The first-order chi connectivity index (χ1) is 10.2. The van der Waals surface area contributed by atoms with E-state index in [0.29, 0.717) is 25.7 Å². The third-order valence-electron chi connectivity index (χ3n) is 3.19. The molecule has 114 valence electrons. The molecule has 0 spiro atoms. The second-order valence-electron chi connectivity index (χ2n) is 4.65. The van der Waals surface area contributed by atoms with Gasteiger partial charge in [-0.3, -0.25) is 4.79 Å². The number of ether oxygens (including phenoxy) is 4. The minimum absolute atomic E-state index is 0.0382. The Kier molecular flexibility index (Phi) is 5.71. The lowest BCUT2D eigenvalue weighted by atomic mass is 10.1. The van der Waals surface area contributed by atoms with Gasteiger partial charge in [0.25, 0.3) is 0 Å². The number of carbonyl (C=O) groups excluding carboxylic acids is 2. The summed E-state index contributed by atoms with van der Waals surface area (Å²) in [4.78, 5) is 22.0. The molecule has 6 heteroatoms. The SMILES string of the molecule is COc1ccc(COCO[C@@H](C=O)[C@H]2CCC(=O)O2)cc1. The van der Waals surface area contributed by atoms with Crippen LogP contribution in [-0.2, 0) is 30.4 Å². The number of carbonyl (C=O) groups is 2. The van der Waals surface area contributed by atoms with Gasteiger partial charge in [-0.2, -0.15) is 0 Å². The number of rotatable bonds is 8. The topological polar surface area (TPSA) is 71.1 Å². The van der Waals surface area contributed by atoms with Gasteiger partial charge in [-0.25, -0.2) is 0 Å². The highest BCUT2D eigenvalue weighted by Crippen LogP contribution is 2.18. The highest BCUT2D eigenvalue weighted by Gasteiger charge is 2.31. The molecule has 0 bridgehead atoms. The van der Waals surface area contributed by atoms with Gasteiger partial charge in [0.05, 0.1) is 13.7 Å². The molecule has 1 heterocycles. The number of aldehydes is 1. The van der Waals surface area contributed by atoms with Gasteiger partial charge in [-0.15, -0.1) is 0 Å². The Bertz CT molecular complexity index is 470. The summed E-state index contributed by atoms with van der Waals surface area (Å²) in [5.41, 5.74) is 0.967. The molecule has 0 N–H and O–H groups in total. The Morgan fingerprint density at radius 3 is 2.71 bits per heavy atom. The van der Waals surface area contributed by atoms with Gasteiger partial charge in [0.2, 0.25) is 0 Å². The van der Waals surface area contributed by atoms with E-state index in [0.717, 1.165) is 11.3 Å². The Morgan fingerprint density at radius 1 is 1.38 bits per heavy atom. The molecular weight excluding hydrogens is 276 g/mol. The summed E-state index contributed by atoms with van der Waals surface area (Å²) in [6.45, 7) is 0.323. The summed E-state index contributed by atoms with van der Waals surface area (Å²) in [5.74, 6) is 0.480.